The molecule has 0 aliphatic carbocycles. The van der Waals surface area contributed by atoms with Crippen molar-refractivity contribution in [3.8, 4) is 5.75 Å². The van der Waals surface area contributed by atoms with Crippen LogP contribution in [-0.2, 0) is 6.42 Å². The molecule has 0 aromatic heterocycles. The van der Waals surface area contributed by atoms with Gasteiger partial charge in [0, 0.05) is 19.1 Å². The maximum absolute atomic E-state index is 5.20. The van der Waals surface area contributed by atoms with Gasteiger partial charge in [0.05, 0.1) is 7.11 Å². The van der Waals surface area contributed by atoms with Gasteiger partial charge in [-0.2, -0.15) is 0 Å². The molecule has 112 valence electrons. The average molecular weight is 276 g/mol. The minimum Gasteiger partial charge on any atom is -0.497 e. The predicted octanol–water partition coefficient (Wildman–Crippen LogP) is 2.70. The van der Waals surface area contributed by atoms with Crippen LogP contribution in [0.25, 0.3) is 0 Å². The van der Waals surface area contributed by atoms with Crippen molar-refractivity contribution < 1.29 is 4.74 Å². The first-order valence-corrected chi connectivity index (χ1v) is 7.90. The van der Waals surface area contributed by atoms with Gasteiger partial charge in [-0.25, -0.2) is 0 Å². The quantitative estimate of drug-likeness (QED) is 0.864. The molecule has 1 N–H and O–H groups in total. The highest BCUT2D eigenvalue weighted by molar-refractivity contribution is 5.27. The van der Waals surface area contributed by atoms with Gasteiger partial charge >= 0.3 is 0 Å². The van der Waals surface area contributed by atoms with Gasteiger partial charge in [0.2, 0.25) is 0 Å². The van der Waals surface area contributed by atoms with Gasteiger partial charge in [0.25, 0.3) is 0 Å². The van der Waals surface area contributed by atoms with E-state index in [0.29, 0.717) is 6.04 Å². The van der Waals surface area contributed by atoms with E-state index in [1.54, 1.807) is 7.11 Å². The molecule has 1 aromatic rings. The summed E-state index contributed by atoms with van der Waals surface area (Å²) in [6.07, 6.45) is 4.95. The van der Waals surface area contributed by atoms with Crippen LogP contribution >= 0.6 is 0 Å². The van der Waals surface area contributed by atoms with Crippen LogP contribution < -0.4 is 10.1 Å². The van der Waals surface area contributed by atoms with Crippen molar-refractivity contribution in [3.05, 3.63) is 29.8 Å². The molecule has 1 fully saturated rings. The Labute approximate surface area is 123 Å². The van der Waals surface area contributed by atoms with Gasteiger partial charge in [-0.3, -0.25) is 0 Å². The summed E-state index contributed by atoms with van der Waals surface area (Å²) in [7, 11) is 1.72. The van der Waals surface area contributed by atoms with E-state index in [0.717, 1.165) is 18.7 Å². The fourth-order valence-corrected chi connectivity index (χ4v) is 2.90. The second-order valence-corrected chi connectivity index (χ2v) is 5.69. The van der Waals surface area contributed by atoms with Crippen molar-refractivity contribution in [2.45, 2.75) is 38.6 Å². The molecular weight excluding hydrogens is 248 g/mol. The van der Waals surface area contributed by atoms with E-state index in [2.05, 4.69) is 41.4 Å². The molecule has 0 amide bonds. The molecule has 20 heavy (non-hydrogen) atoms. The molecular formula is C17H28N2O. The molecule has 1 aromatic carbocycles. The van der Waals surface area contributed by atoms with Crippen molar-refractivity contribution >= 4 is 0 Å². The van der Waals surface area contributed by atoms with E-state index in [1.807, 2.05) is 0 Å². The van der Waals surface area contributed by atoms with E-state index in [4.69, 9.17) is 4.74 Å². The normalized spacial score (nSPS) is 20.6. The van der Waals surface area contributed by atoms with Crippen LogP contribution in [0.5, 0.6) is 5.75 Å². The standard InChI is InChI=1S/C17H28N2O/c1-3-5-16-14-19(12-4-11-18-16)13-10-15-6-8-17(20-2)9-7-15/h6-9,16,18H,3-5,10-14H2,1-2H3. The molecule has 3 nitrogen and oxygen atoms in total. The first kappa shape index (κ1) is 15.3. The monoisotopic (exact) mass is 276 g/mol. The molecule has 0 radical (unpaired) electrons. The lowest BCUT2D eigenvalue weighted by molar-refractivity contribution is 0.265. The Hall–Kier alpha value is -1.06. The topological polar surface area (TPSA) is 24.5 Å². The summed E-state index contributed by atoms with van der Waals surface area (Å²) in [4.78, 5) is 2.62. The molecule has 1 unspecified atom stereocenters. The van der Waals surface area contributed by atoms with Crippen LogP contribution in [0.3, 0.4) is 0 Å². The molecule has 1 aliphatic rings. The molecule has 0 saturated carbocycles. The third-order valence-corrected chi connectivity index (χ3v) is 4.08. The van der Waals surface area contributed by atoms with Crippen LogP contribution in [-0.4, -0.2) is 44.2 Å². The van der Waals surface area contributed by atoms with E-state index in [1.165, 1.54) is 44.5 Å². The number of hydrogen-bond acceptors (Lipinski definition) is 3. The Bertz CT molecular complexity index is 377. The lowest BCUT2D eigenvalue weighted by Gasteiger charge is -2.24. The van der Waals surface area contributed by atoms with Gasteiger partial charge in [0.15, 0.2) is 0 Å². The van der Waals surface area contributed by atoms with Crippen molar-refractivity contribution in [2.24, 2.45) is 0 Å². The van der Waals surface area contributed by atoms with Gasteiger partial charge in [-0.15, -0.1) is 0 Å². The van der Waals surface area contributed by atoms with E-state index in [9.17, 15) is 0 Å². The first-order valence-electron chi connectivity index (χ1n) is 7.90. The van der Waals surface area contributed by atoms with Gasteiger partial charge in [-0.05, 0) is 50.0 Å². The third kappa shape index (κ3) is 4.80. The second kappa shape index (κ2) is 8.28. The highest BCUT2D eigenvalue weighted by Gasteiger charge is 2.16. The minimum atomic E-state index is 0.679. The summed E-state index contributed by atoms with van der Waals surface area (Å²) in [5, 5.41) is 3.67. The fraction of sp³-hybridized carbons (Fsp3) is 0.647. The zero-order valence-corrected chi connectivity index (χ0v) is 12.9. The van der Waals surface area contributed by atoms with Crippen molar-refractivity contribution in [2.75, 3.05) is 33.3 Å². The Balaban J connectivity index is 1.81. The maximum Gasteiger partial charge on any atom is 0.118 e. The zero-order chi connectivity index (χ0) is 14.2. The molecule has 1 saturated heterocycles. The summed E-state index contributed by atoms with van der Waals surface area (Å²) < 4.78 is 5.20. The van der Waals surface area contributed by atoms with Crippen molar-refractivity contribution in [1.29, 1.82) is 0 Å². The molecule has 2 rings (SSSR count). The first-order chi connectivity index (χ1) is 9.81. The number of nitrogens with one attached hydrogen (secondary N) is 1. The lowest BCUT2D eigenvalue weighted by Crippen LogP contribution is -2.38. The number of nitrogens with zero attached hydrogens (tertiary/aromatic N) is 1. The highest BCUT2D eigenvalue weighted by atomic mass is 16.5. The van der Waals surface area contributed by atoms with E-state index >= 15 is 0 Å². The van der Waals surface area contributed by atoms with Crippen LogP contribution in [0.4, 0.5) is 0 Å². The molecule has 1 aliphatic heterocycles. The largest absolute Gasteiger partial charge is 0.497 e. The van der Waals surface area contributed by atoms with E-state index in [-0.39, 0.29) is 0 Å². The fourth-order valence-electron chi connectivity index (χ4n) is 2.90. The highest BCUT2D eigenvalue weighted by Crippen LogP contribution is 2.13. The van der Waals surface area contributed by atoms with Gasteiger partial charge in [0.1, 0.15) is 5.75 Å². The Kier molecular flexibility index (Phi) is 6.34. The number of methoxy groups -OCH3 is 1. The Morgan fingerprint density at radius 2 is 2.10 bits per heavy atom. The predicted molar refractivity (Wildman–Crippen MR) is 84.5 cm³/mol. The molecule has 1 heterocycles. The zero-order valence-electron chi connectivity index (χ0n) is 12.9. The van der Waals surface area contributed by atoms with Crippen LogP contribution in [0.2, 0.25) is 0 Å². The summed E-state index contributed by atoms with van der Waals surface area (Å²) in [5.74, 6) is 0.940. The minimum absolute atomic E-state index is 0.679. The van der Waals surface area contributed by atoms with Crippen LogP contribution in [0.1, 0.15) is 31.7 Å². The summed E-state index contributed by atoms with van der Waals surface area (Å²) in [5.41, 5.74) is 1.40. The molecule has 1 atom stereocenters. The third-order valence-electron chi connectivity index (χ3n) is 4.08. The summed E-state index contributed by atoms with van der Waals surface area (Å²) in [6, 6.07) is 9.15. The number of benzene rings is 1. The van der Waals surface area contributed by atoms with E-state index < -0.39 is 0 Å². The smallest absolute Gasteiger partial charge is 0.118 e. The van der Waals surface area contributed by atoms with Crippen LogP contribution in [0.15, 0.2) is 24.3 Å². The Morgan fingerprint density at radius 1 is 1.30 bits per heavy atom. The second-order valence-electron chi connectivity index (χ2n) is 5.69. The number of rotatable bonds is 6. The summed E-state index contributed by atoms with van der Waals surface area (Å²) >= 11 is 0. The summed E-state index contributed by atoms with van der Waals surface area (Å²) in [6.45, 7) is 7.03. The van der Waals surface area contributed by atoms with Crippen LogP contribution in [0, 0.1) is 0 Å². The Morgan fingerprint density at radius 3 is 2.80 bits per heavy atom. The number of ether oxygens (including phenoxy) is 1. The van der Waals surface area contributed by atoms with Crippen molar-refractivity contribution in [1.82, 2.24) is 10.2 Å². The molecule has 0 spiro atoms. The van der Waals surface area contributed by atoms with Gasteiger partial charge in [-0.1, -0.05) is 25.5 Å². The average Bonchev–Trinajstić information content (AvgIpc) is 2.71. The molecule has 3 heteroatoms. The van der Waals surface area contributed by atoms with Crippen molar-refractivity contribution in [3.63, 3.8) is 0 Å². The van der Waals surface area contributed by atoms with Gasteiger partial charge < -0.3 is 15.0 Å². The molecule has 0 bridgehead atoms. The SMILES string of the molecule is CCCC1CN(CCc2ccc(OC)cc2)CCCN1. The maximum atomic E-state index is 5.20. The lowest BCUT2D eigenvalue weighted by atomic mass is 10.1. The number of hydrogen-bond donors (Lipinski definition) is 1.